The molecule has 0 saturated carbocycles. The molecule has 3 rings (SSSR count). The Morgan fingerprint density at radius 1 is 1.42 bits per heavy atom. The van der Waals surface area contributed by atoms with Crippen LogP contribution in [0.5, 0.6) is 0 Å². The van der Waals surface area contributed by atoms with E-state index in [0.717, 1.165) is 23.4 Å². The normalized spacial score (nSPS) is 13.7. The van der Waals surface area contributed by atoms with Crippen LogP contribution < -0.4 is 11.1 Å². The maximum absolute atomic E-state index is 7.36. The molecule has 0 fully saturated rings. The zero-order chi connectivity index (χ0) is 16.9. The fourth-order valence-electron chi connectivity index (χ4n) is 2.36. The number of benzene rings is 1. The first-order chi connectivity index (χ1) is 11.7. The lowest BCUT2D eigenvalue weighted by atomic mass is 10.1. The number of oxazole rings is 1. The van der Waals surface area contributed by atoms with E-state index < -0.39 is 0 Å². The van der Waals surface area contributed by atoms with E-state index in [4.69, 9.17) is 20.3 Å². The molecule has 1 aliphatic rings. The van der Waals surface area contributed by atoms with Gasteiger partial charge in [-0.1, -0.05) is 12.2 Å². The third kappa shape index (κ3) is 3.22. The van der Waals surface area contributed by atoms with Crippen molar-refractivity contribution in [3.8, 4) is 0 Å². The highest BCUT2D eigenvalue weighted by molar-refractivity contribution is 5.87. The number of methoxy groups -OCH3 is 1. The summed E-state index contributed by atoms with van der Waals surface area (Å²) in [6, 6.07) is 5.66. The molecule has 2 aromatic rings. The van der Waals surface area contributed by atoms with Crippen LogP contribution in [0, 0.1) is 5.41 Å². The van der Waals surface area contributed by atoms with E-state index in [1.807, 2.05) is 24.3 Å². The molecule has 0 saturated heterocycles. The Labute approximate surface area is 139 Å². The third-order valence-corrected chi connectivity index (χ3v) is 3.59. The van der Waals surface area contributed by atoms with E-state index in [1.54, 1.807) is 31.5 Å². The molecule has 0 atom stereocenters. The Balaban J connectivity index is 1.84. The predicted octanol–water partition coefficient (Wildman–Crippen LogP) is 3.87. The molecule has 4 N–H and O–H groups in total. The van der Waals surface area contributed by atoms with Crippen LogP contribution in [0.15, 0.2) is 58.9 Å². The first-order valence-electron chi connectivity index (χ1n) is 7.46. The topological polar surface area (TPSA) is 97.2 Å². The first-order valence-corrected chi connectivity index (χ1v) is 7.46. The molecule has 6 heteroatoms. The standard InChI is InChI=1S/C18H18N4O2/c1-23-16-6-4-2-3-5-14(16)17-11-21-18(24-17)22-13-7-8-15(20)12(9-13)10-19/h2-3,5-11,19H,4,20H2,1H3,(H,21,22). The van der Waals surface area contributed by atoms with Crippen LogP contribution in [0.2, 0.25) is 0 Å². The second kappa shape index (κ2) is 6.87. The van der Waals surface area contributed by atoms with Crippen LogP contribution >= 0.6 is 0 Å². The molecule has 0 unspecified atom stereocenters. The second-order valence-electron chi connectivity index (χ2n) is 5.16. The fourth-order valence-corrected chi connectivity index (χ4v) is 2.36. The minimum Gasteiger partial charge on any atom is -0.496 e. The van der Waals surface area contributed by atoms with Crippen molar-refractivity contribution in [3.05, 3.63) is 65.8 Å². The van der Waals surface area contributed by atoms with Crippen LogP contribution in [-0.4, -0.2) is 18.3 Å². The number of nitrogens with one attached hydrogen (secondary N) is 2. The SMILES string of the molecule is COC1=CCC=CC=C1c1cnc(Nc2ccc(N)c(C=N)c2)o1. The highest BCUT2D eigenvalue weighted by Crippen LogP contribution is 2.29. The van der Waals surface area contributed by atoms with Gasteiger partial charge in [0.25, 0.3) is 6.01 Å². The predicted molar refractivity (Wildman–Crippen MR) is 95.4 cm³/mol. The van der Waals surface area contributed by atoms with Crippen molar-refractivity contribution in [3.63, 3.8) is 0 Å². The molecular weight excluding hydrogens is 304 g/mol. The van der Waals surface area contributed by atoms with Crippen molar-refractivity contribution < 1.29 is 9.15 Å². The van der Waals surface area contributed by atoms with Gasteiger partial charge in [0, 0.05) is 23.2 Å². The van der Waals surface area contributed by atoms with Crippen LogP contribution in [0.4, 0.5) is 17.4 Å². The molecule has 1 aliphatic carbocycles. The Bertz CT molecular complexity index is 846. The molecule has 0 spiro atoms. The number of hydrogen-bond donors (Lipinski definition) is 3. The van der Waals surface area contributed by atoms with Gasteiger partial charge in [-0.15, -0.1) is 0 Å². The number of hydrogen-bond acceptors (Lipinski definition) is 6. The van der Waals surface area contributed by atoms with Crippen LogP contribution in [0.25, 0.3) is 5.57 Å². The number of nitrogens with zero attached hydrogens (tertiary/aromatic N) is 1. The van der Waals surface area contributed by atoms with E-state index >= 15 is 0 Å². The summed E-state index contributed by atoms with van der Waals surface area (Å²) in [7, 11) is 1.63. The zero-order valence-electron chi connectivity index (χ0n) is 13.2. The molecule has 1 aromatic heterocycles. The third-order valence-electron chi connectivity index (χ3n) is 3.59. The quantitative estimate of drug-likeness (QED) is 0.573. The number of rotatable bonds is 5. The first kappa shape index (κ1) is 15.6. The van der Waals surface area contributed by atoms with E-state index in [9.17, 15) is 0 Å². The molecule has 0 amide bonds. The average molecular weight is 322 g/mol. The van der Waals surface area contributed by atoms with Gasteiger partial charge in [-0.25, -0.2) is 4.98 Å². The maximum Gasteiger partial charge on any atom is 0.299 e. The molecule has 1 heterocycles. The molecule has 24 heavy (non-hydrogen) atoms. The van der Waals surface area contributed by atoms with Gasteiger partial charge >= 0.3 is 0 Å². The number of nitrogens with two attached hydrogens (primary N) is 1. The Morgan fingerprint density at radius 2 is 2.29 bits per heavy atom. The van der Waals surface area contributed by atoms with Crippen molar-refractivity contribution in [2.75, 3.05) is 18.2 Å². The minimum absolute atomic E-state index is 0.357. The number of allylic oxidation sites excluding steroid dienone is 5. The van der Waals surface area contributed by atoms with E-state index in [-0.39, 0.29) is 0 Å². The largest absolute Gasteiger partial charge is 0.496 e. The van der Waals surface area contributed by atoms with Gasteiger partial charge in [0.05, 0.1) is 18.9 Å². The summed E-state index contributed by atoms with van der Waals surface area (Å²) >= 11 is 0. The molecule has 1 aromatic carbocycles. The summed E-state index contributed by atoms with van der Waals surface area (Å²) in [5.41, 5.74) is 8.55. The van der Waals surface area contributed by atoms with E-state index in [2.05, 4.69) is 10.3 Å². The summed E-state index contributed by atoms with van der Waals surface area (Å²) in [5.74, 6) is 1.36. The zero-order valence-corrected chi connectivity index (χ0v) is 13.2. The lowest BCUT2D eigenvalue weighted by Crippen LogP contribution is -1.96. The molecule has 0 aliphatic heterocycles. The van der Waals surface area contributed by atoms with Crippen molar-refractivity contribution in [2.45, 2.75) is 6.42 Å². The summed E-state index contributed by atoms with van der Waals surface area (Å²) in [6.45, 7) is 0. The van der Waals surface area contributed by atoms with Crippen molar-refractivity contribution in [1.29, 1.82) is 5.41 Å². The lowest BCUT2D eigenvalue weighted by Gasteiger charge is -2.07. The second-order valence-corrected chi connectivity index (χ2v) is 5.16. The molecule has 122 valence electrons. The Kier molecular flexibility index (Phi) is 4.47. The van der Waals surface area contributed by atoms with Gasteiger partial charge < -0.3 is 25.6 Å². The van der Waals surface area contributed by atoms with Crippen LogP contribution in [0.1, 0.15) is 17.7 Å². The lowest BCUT2D eigenvalue weighted by molar-refractivity contribution is 0.308. The Hall–Kier alpha value is -3.28. The summed E-state index contributed by atoms with van der Waals surface area (Å²) in [6.07, 6.45) is 11.6. The summed E-state index contributed by atoms with van der Waals surface area (Å²) in [5, 5.41) is 10.4. The van der Waals surface area contributed by atoms with Gasteiger partial charge in [-0.2, -0.15) is 0 Å². The van der Waals surface area contributed by atoms with Gasteiger partial charge in [0.15, 0.2) is 5.76 Å². The molecule has 0 radical (unpaired) electrons. The highest BCUT2D eigenvalue weighted by Gasteiger charge is 2.15. The van der Waals surface area contributed by atoms with E-state index in [0.29, 0.717) is 23.0 Å². The monoisotopic (exact) mass is 322 g/mol. The smallest absolute Gasteiger partial charge is 0.299 e. The van der Waals surface area contributed by atoms with Crippen molar-refractivity contribution in [1.82, 2.24) is 4.98 Å². The number of nitrogen functional groups attached to an aromatic ring is 1. The Morgan fingerprint density at radius 3 is 3.08 bits per heavy atom. The number of aromatic nitrogens is 1. The number of ether oxygens (including phenoxy) is 1. The van der Waals surface area contributed by atoms with Crippen molar-refractivity contribution >= 4 is 29.2 Å². The van der Waals surface area contributed by atoms with Gasteiger partial charge in [-0.05, 0) is 36.8 Å². The van der Waals surface area contributed by atoms with Crippen LogP contribution in [0.3, 0.4) is 0 Å². The number of anilines is 3. The molecule has 6 nitrogen and oxygen atoms in total. The van der Waals surface area contributed by atoms with Gasteiger partial charge in [0.2, 0.25) is 0 Å². The van der Waals surface area contributed by atoms with Gasteiger partial charge in [0.1, 0.15) is 5.76 Å². The molecule has 0 bridgehead atoms. The average Bonchev–Trinajstić information content (AvgIpc) is 2.91. The summed E-state index contributed by atoms with van der Waals surface area (Å²) < 4.78 is 11.2. The minimum atomic E-state index is 0.357. The van der Waals surface area contributed by atoms with Crippen LogP contribution in [-0.2, 0) is 4.74 Å². The van der Waals surface area contributed by atoms with E-state index in [1.165, 1.54) is 6.21 Å². The maximum atomic E-state index is 7.36. The molecular formula is C18H18N4O2. The van der Waals surface area contributed by atoms with Crippen molar-refractivity contribution in [2.24, 2.45) is 0 Å². The fraction of sp³-hybridized carbons (Fsp3) is 0.111. The highest BCUT2D eigenvalue weighted by atomic mass is 16.5. The summed E-state index contributed by atoms with van der Waals surface area (Å²) in [4.78, 5) is 4.25. The van der Waals surface area contributed by atoms with Gasteiger partial charge in [-0.3, -0.25) is 0 Å².